The summed E-state index contributed by atoms with van der Waals surface area (Å²) in [5.41, 5.74) is 3.42. The molecule has 2 aliphatic rings. The van der Waals surface area contributed by atoms with Gasteiger partial charge in [-0.2, -0.15) is 0 Å². The summed E-state index contributed by atoms with van der Waals surface area (Å²) >= 11 is 0. The first-order valence-electron chi connectivity index (χ1n) is 9.15. The summed E-state index contributed by atoms with van der Waals surface area (Å²) in [6, 6.07) is 0. The van der Waals surface area contributed by atoms with Gasteiger partial charge in [0.25, 0.3) is 0 Å². The fraction of sp³-hybridized carbons (Fsp3) is 0.650. The Balaban J connectivity index is 2.16. The average Bonchev–Trinajstić information content (AvgIpc) is 2.53. The van der Waals surface area contributed by atoms with Gasteiger partial charge >= 0.3 is 5.97 Å². The molecule has 0 amide bonds. The van der Waals surface area contributed by atoms with E-state index in [1.807, 2.05) is 6.92 Å². The van der Waals surface area contributed by atoms with Crippen LogP contribution in [-0.2, 0) is 15.9 Å². The van der Waals surface area contributed by atoms with Gasteiger partial charge in [0.1, 0.15) is 0 Å². The molecule has 1 aliphatic carbocycles. The van der Waals surface area contributed by atoms with Gasteiger partial charge in [-0.1, -0.05) is 13.8 Å². The highest BCUT2D eigenvalue weighted by Gasteiger charge is 2.37. The lowest BCUT2D eigenvalue weighted by molar-refractivity contribution is 0.0517. The molecule has 5 heteroatoms. The maximum absolute atomic E-state index is 12.7. The molecule has 0 N–H and O–H groups in total. The molecule has 1 aliphatic heterocycles. The summed E-state index contributed by atoms with van der Waals surface area (Å²) < 4.78 is 10.7. The number of hydrogen-bond acceptors (Lipinski definition) is 5. The predicted octanol–water partition coefficient (Wildman–Crippen LogP) is 3.62. The third-order valence-corrected chi connectivity index (χ3v) is 5.20. The Morgan fingerprint density at radius 3 is 2.60 bits per heavy atom. The minimum atomic E-state index is -0.366. The molecule has 136 valence electrons. The van der Waals surface area contributed by atoms with Crippen LogP contribution in [0.1, 0.15) is 83.6 Å². The summed E-state index contributed by atoms with van der Waals surface area (Å²) in [4.78, 5) is 30.2. The van der Waals surface area contributed by atoms with E-state index in [0.29, 0.717) is 37.4 Å². The van der Waals surface area contributed by atoms with Crippen LogP contribution in [0.4, 0.5) is 0 Å². The SMILES string of the molecule is CCOC(=O)c1c(C2CCOCC2)nc2c(c1C)C(=O)CC(C)(C)C2. The van der Waals surface area contributed by atoms with Crippen LogP contribution in [0.5, 0.6) is 0 Å². The lowest BCUT2D eigenvalue weighted by atomic mass is 9.73. The molecule has 0 saturated carbocycles. The normalized spacial score (nSPS) is 20.2. The van der Waals surface area contributed by atoms with Crippen LogP contribution < -0.4 is 0 Å². The number of carbonyl (C=O) groups is 2. The molecule has 1 aromatic heterocycles. The monoisotopic (exact) mass is 345 g/mol. The molecule has 5 nitrogen and oxygen atoms in total. The van der Waals surface area contributed by atoms with E-state index in [4.69, 9.17) is 14.5 Å². The van der Waals surface area contributed by atoms with Crippen molar-refractivity contribution < 1.29 is 19.1 Å². The third-order valence-electron chi connectivity index (χ3n) is 5.20. The summed E-state index contributed by atoms with van der Waals surface area (Å²) in [5.74, 6) is -0.105. The van der Waals surface area contributed by atoms with E-state index in [1.54, 1.807) is 6.92 Å². The Hall–Kier alpha value is -1.75. The Morgan fingerprint density at radius 2 is 1.96 bits per heavy atom. The summed E-state index contributed by atoms with van der Waals surface area (Å²) in [7, 11) is 0. The highest BCUT2D eigenvalue weighted by molar-refractivity contribution is 6.03. The van der Waals surface area contributed by atoms with E-state index in [9.17, 15) is 9.59 Å². The van der Waals surface area contributed by atoms with Crippen molar-refractivity contribution in [1.29, 1.82) is 0 Å². The zero-order valence-corrected chi connectivity index (χ0v) is 15.6. The molecule has 0 aromatic carbocycles. The highest BCUT2D eigenvalue weighted by atomic mass is 16.5. The van der Waals surface area contributed by atoms with Crippen LogP contribution in [0.25, 0.3) is 0 Å². The maximum Gasteiger partial charge on any atom is 0.340 e. The van der Waals surface area contributed by atoms with Crippen LogP contribution in [-0.4, -0.2) is 36.6 Å². The largest absolute Gasteiger partial charge is 0.462 e. The van der Waals surface area contributed by atoms with Crippen LogP contribution in [0.2, 0.25) is 0 Å². The minimum absolute atomic E-state index is 0.0836. The van der Waals surface area contributed by atoms with Gasteiger partial charge < -0.3 is 9.47 Å². The molecule has 0 spiro atoms. The van der Waals surface area contributed by atoms with Gasteiger partial charge in [0.15, 0.2) is 5.78 Å². The average molecular weight is 345 g/mol. The van der Waals surface area contributed by atoms with Crippen molar-refractivity contribution in [3.8, 4) is 0 Å². The Labute approximate surface area is 149 Å². The highest BCUT2D eigenvalue weighted by Crippen LogP contribution is 2.39. The number of fused-ring (bicyclic) bond motifs is 1. The van der Waals surface area contributed by atoms with Gasteiger partial charge in [0.05, 0.1) is 23.6 Å². The first-order chi connectivity index (χ1) is 11.8. The van der Waals surface area contributed by atoms with E-state index in [0.717, 1.165) is 36.2 Å². The summed E-state index contributed by atoms with van der Waals surface area (Å²) in [6.07, 6.45) is 2.93. The number of hydrogen-bond donors (Lipinski definition) is 0. The van der Waals surface area contributed by atoms with Crippen molar-refractivity contribution in [2.24, 2.45) is 5.41 Å². The van der Waals surface area contributed by atoms with E-state index in [-0.39, 0.29) is 23.1 Å². The summed E-state index contributed by atoms with van der Waals surface area (Å²) in [5, 5.41) is 0. The van der Waals surface area contributed by atoms with Crippen molar-refractivity contribution in [2.75, 3.05) is 19.8 Å². The van der Waals surface area contributed by atoms with E-state index < -0.39 is 0 Å². The predicted molar refractivity (Wildman–Crippen MR) is 94.2 cm³/mol. The second kappa shape index (κ2) is 6.87. The lowest BCUT2D eigenvalue weighted by Gasteiger charge is -2.32. The quantitative estimate of drug-likeness (QED) is 0.783. The number of carbonyl (C=O) groups excluding carboxylic acids is 2. The molecule has 0 radical (unpaired) electrons. The molecule has 1 fully saturated rings. The smallest absolute Gasteiger partial charge is 0.340 e. The fourth-order valence-electron chi connectivity index (χ4n) is 4.05. The topological polar surface area (TPSA) is 65.5 Å². The van der Waals surface area contributed by atoms with Crippen molar-refractivity contribution in [2.45, 2.75) is 59.3 Å². The van der Waals surface area contributed by atoms with Gasteiger partial charge in [-0.05, 0) is 44.1 Å². The molecular weight excluding hydrogens is 318 g/mol. The number of nitrogens with zero attached hydrogens (tertiary/aromatic N) is 1. The van der Waals surface area contributed by atoms with Crippen LogP contribution in [0.3, 0.4) is 0 Å². The zero-order valence-electron chi connectivity index (χ0n) is 15.6. The van der Waals surface area contributed by atoms with Gasteiger partial charge in [-0.25, -0.2) is 4.79 Å². The zero-order chi connectivity index (χ0) is 18.2. The molecule has 0 atom stereocenters. The Bertz CT molecular complexity index is 702. The first kappa shape index (κ1) is 18.1. The first-order valence-corrected chi connectivity index (χ1v) is 9.15. The molecular formula is C20H27NO4. The standard InChI is InChI=1S/C20H27NO4/c1-5-25-19(23)17-12(2)16-14(10-20(3,4)11-15(16)22)21-18(17)13-6-8-24-9-7-13/h13H,5-11H2,1-4H3. The number of ether oxygens (including phenoxy) is 2. The van der Waals surface area contributed by atoms with Crippen molar-refractivity contribution in [3.05, 3.63) is 28.1 Å². The van der Waals surface area contributed by atoms with Crippen LogP contribution >= 0.6 is 0 Å². The van der Waals surface area contributed by atoms with Gasteiger partial charge in [-0.3, -0.25) is 9.78 Å². The van der Waals surface area contributed by atoms with Gasteiger partial charge in [-0.15, -0.1) is 0 Å². The molecule has 3 rings (SSSR count). The van der Waals surface area contributed by atoms with Crippen molar-refractivity contribution in [1.82, 2.24) is 4.98 Å². The number of ketones is 1. The molecule has 25 heavy (non-hydrogen) atoms. The minimum Gasteiger partial charge on any atom is -0.462 e. The lowest BCUT2D eigenvalue weighted by Crippen LogP contribution is -2.31. The third kappa shape index (κ3) is 3.47. The number of aromatic nitrogens is 1. The summed E-state index contributed by atoms with van der Waals surface area (Å²) in [6.45, 7) is 9.51. The maximum atomic E-state index is 12.7. The van der Waals surface area contributed by atoms with Crippen molar-refractivity contribution >= 4 is 11.8 Å². The Kier molecular flexibility index (Phi) is 4.96. The Morgan fingerprint density at radius 1 is 1.28 bits per heavy atom. The number of Topliss-reactive ketones (excluding diaryl/α,β-unsaturated/α-hetero) is 1. The fourth-order valence-corrected chi connectivity index (χ4v) is 4.05. The van der Waals surface area contributed by atoms with Gasteiger partial charge in [0, 0.05) is 31.1 Å². The van der Waals surface area contributed by atoms with E-state index >= 15 is 0 Å². The molecule has 0 unspecified atom stereocenters. The van der Waals surface area contributed by atoms with Crippen LogP contribution in [0, 0.1) is 12.3 Å². The second-order valence-corrected chi connectivity index (χ2v) is 7.87. The second-order valence-electron chi connectivity index (χ2n) is 7.87. The molecule has 2 heterocycles. The van der Waals surface area contributed by atoms with E-state index in [2.05, 4.69) is 13.8 Å². The molecule has 1 saturated heterocycles. The molecule has 0 bridgehead atoms. The van der Waals surface area contributed by atoms with E-state index in [1.165, 1.54) is 0 Å². The van der Waals surface area contributed by atoms with Crippen LogP contribution in [0.15, 0.2) is 0 Å². The number of esters is 1. The number of pyridine rings is 1. The van der Waals surface area contributed by atoms with Crippen molar-refractivity contribution in [3.63, 3.8) is 0 Å². The van der Waals surface area contributed by atoms with Gasteiger partial charge in [0.2, 0.25) is 0 Å². The number of rotatable bonds is 3. The molecule has 1 aromatic rings.